The van der Waals surface area contributed by atoms with Crippen molar-refractivity contribution in [1.29, 1.82) is 0 Å². The van der Waals surface area contributed by atoms with E-state index in [0.717, 1.165) is 13.1 Å². The lowest BCUT2D eigenvalue weighted by molar-refractivity contribution is -0.135. The van der Waals surface area contributed by atoms with Crippen LogP contribution in [0.25, 0.3) is 0 Å². The molecule has 0 saturated carbocycles. The van der Waals surface area contributed by atoms with Gasteiger partial charge < -0.3 is 14.8 Å². The second kappa shape index (κ2) is 10.6. The maximum Gasteiger partial charge on any atom is 0.254 e. The third-order valence-electron chi connectivity index (χ3n) is 5.18. The molecule has 2 amide bonds. The SMILES string of the molecule is CCN(CC)C(=O)CN1CCN(C(=O)CCc2c(C)nc(SC)[nH]c2=O)CC1. The third kappa shape index (κ3) is 5.81. The number of amides is 2. The zero-order chi connectivity index (χ0) is 20.7. The van der Waals surface area contributed by atoms with Crippen molar-refractivity contribution >= 4 is 23.6 Å². The largest absolute Gasteiger partial charge is 0.342 e. The van der Waals surface area contributed by atoms with E-state index >= 15 is 0 Å². The van der Waals surface area contributed by atoms with Crippen molar-refractivity contribution in [2.24, 2.45) is 0 Å². The number of aryl methyl sites for hydroxylation is 1. The highest BCUT2D eigenvalue weighted by Gasteiger charge is 2.23. The minimum Gasteiger partial charge on any atom is -0.342 e. The summed E-state index contributed by atoms with van der Waals surface area (Å²) in [7, 11) is 0. The second-order valence-electron chi connectivity index (χ2n) is 6.86. The summed E-state index contributed by atoms with van der Waals surface area (Å²) in [4.78, 5) is 49.8. The molecule has 0 bridgehead atoms. The van der Waals surface area contributed by atoms with Crippen LogP contribution in [0.4, 0.5) is 0 Å². The Labute approximate surface area is 170 Å². The molecular formula is C19H31N5O3S. The van der Waals surface area contributed by atoms with Crippen molar-refractivity contribution in [3.8, 4) is 0 Å². The molecule has 1 aliphatic rings. The molecule has 9 heteroatoms. The fourth-order valence-electron chi connectivity index (χ4n) is 3.39. The van der Waals surface area contributed by atoms with Crippen molar-refractivity contribution in [2.45, 2.75) is 38.8 Å². The Bertz CT molecular complexity index is 740. The first-order valence-electron chi connectivity index (χ1n) is 9.81. The van der Waals surface area contributed by atoms with Crippen molar-refractivity contribution < 1.29 is 9.59 Å². The zero-order valence-electron chi connectivity index (χ0n) is 17.3. The molecule has 1 N–H and O–H groups in total. The van der Waals surface area contributed by atoms with Crippen molar-refractivity contribution in [2.75, 3.05) is 52.1 Å². The number of rotatable bonds is 8. The van der Waals surface area contributed by atoms with E-state index in [1.54, 1.807) is 6.92 Å². The summed E-state index contributed by atoms with van der Waals surface area (Å²) in [6.45, 7) is 10.2. The van der Waals surface area contributed by atoms with E-state index in [1.807, 2.05) is 29.9 Å². The molecule has 0 radical (unpaired) electrons. The highest BCUT2D eigenvalue weighted by molar-refractivity contribution is 7.98. The zero-order valence-corrected chi connectivity index (χ0v) is 18.1. The average Bonchev–Trinajstić information content (AvgIpc) is 2.68. The Morgan fingerprint density at radius 2 is 1.82 bits per heavy atom. The Balaban J connectivity index is 1.83. The lowest BCUT2D eigenvalue weighted by atomic mass is 10.1. The van der Waals surface area contributed by atoms with Gasteiger partial charge in [0.15, 0.2) is 5.16 Å². The molecular weight excluding hydrogens is 378 g/mol. The maximum atomic E-state index is 12.5. The number of piperazine rings is 1. The van der Waals surface area contributed by atoms with E-state index in [2.05, 4.69) is 14.9 Å². The van der Waals surface area contributed by atoms with Gasteiger partial charge in [0, 0.05) is 56.9 Å². The second-order valence-corrected chi connectivity index (χ2v) is 7.66. The van der Waals surface area contributed by atoms with Gasteiger partial charge in [-0.1, -0.05) is 11.8 Å². The van der Waals surface area contributed by atoms with Crippen molar-refractivity contribution in [1.82, 2.24) is 24.7 Å². The first-order valence-corrected chi connectivity index (χ1v) is 11.0. The minimum absolute atomic E-state index is 0.0439. The van der Waals surface area contributed by atoms with Crippen LogP contribution in [0.5, 0.6) is 0 Å². The molecule has 1 aliphatic heterocycles. The van der Waals surface area contributed by atoms with E-state index in [-0.39, 0.29) is 17.4 Å². The minimum atomic E-state index is -0.163. The Morgan fingerprint density at radius 3 is 2.36 bits per heavy atom. The predicted octanol–water partition coefficient (Wildman–Crippen LogP) is 0.745. The molecule has 2 rings (SSSR count). The van der Waals surface area contributed by atoms with Gasteiger partial charge in [0.25, 0.3) is 5.56 Å². The molecule has 1 saturated heterocycles. The van der Waals surface area contributed by atoms with Gasteiger partial charge in [0.05, 0.1) is 6.54 Å². The molecule has 0 atom stereocenters. The van der Waals surface area contributed by atoms with Crippen LogP contribution in [-0.2, 0) is 16.0 Å². The number of hydrogen-bond acceptors (Lipinski definition) is 6. The van der Waals surface area contributed by atoms with Gasteiger partial charge in [-0.15, -0.1) is 0 Å². The lowest BCUT2D eigenvalue weighted by Crippen LogP contribution is -2.51. The fourth-order valence-corrected chi connectivity index (χ4v) is 3.81. The summed E-state index contributed by atoms with van der Waals surface area (Å²) in [5.41, 5.74) is 1.10. The van der Waals surface area contributed by atoms with Gasteiger partial charge in [-0.2, -0.15) is 0 Å². The van der Waals surface area contributed by atoms with Crippen LogP contribution in [0.15, 0.2) is 9.95 Å². The number of nitrogens with zero attached hydrogens (tertiary/aromatic N) is 4. The summed E-state index contributed by atoms with van der Waals surface area (Å²) >= 11 is 1.39. The van der Waals surface area contributed by atoms with Gasteiger partial charge >= 0.3 is 0 Å². The molecule has 156 valence electrons. The number of aromatic amines is 1. The Hall–Kier alpha value is -1.87. The number of carbonyl (C=O) groups is 2. The molecule has 1 aromatic rings. The molecule has 0 unspecified atom stereocenters. The molecule has 28 heavy (non-hydrogen) atoms. The highest BCUT2D eigenvalue weighted by atomic mass is 32.2. The van der Waals surface area contributed by atoms with Crippen LogP contribution in [0.1, 0.15) is 31.5 Å². The number of nitrogens with one attached hydrogen (secondary N) is 1. The van der Waals surface area contributed by atoms with Gasteiger partial charge in [0.2, 0.25) is 11.8 Å². The lowest BCUT2D eigenvalue weighted by Gasteiger charge is -2.35. The quantitative estimate of drug-likeness (QED) is 0.503. The molecule has 0 spiro atoms. The monoisotopic (exact) mass is 409 g/mol. The summed E-state index contributed by atoms with van der Waals surface area (Å²) < 4.78 is 0. The predicted molar refractivity (Wildman–Crippen MR) is 111 cm³/mol. The molecule has 1 fully saturated rings. The van der Waals surface area contributed by atoms with Crippen molar-refractivity contribution in [3.63, 3.8) is 0 Å². The maximum absolute atomic E-state index is 12.5. The van der Waals surface area contributed by atoms with E-state index in [4.69, 9.17) is 0 Å². The van der Waals surface area contributed by atoms with Crippen LogP contribution in [0.3, 0.4) is 0 Å². The van der Waals surface area contributed by atoms with Crippen molar-refractivity contribution in [3.05, 3.63) is 21.6 Å². The Kier molecular flexibility index (Phi) is 8.50. The average molecular weight is 410 g/mol. The van der Waals surface area contributed by atoms with Crippen LogP contribution in [-0.4, -0.2) is 88.6 Å². The molecule has 8 nitrogen and oxygen atoms in total. The molecule has 0 aliphatic carbocycles. The van der Waals surface area contributed by atoms with E-state index in [0.29, 0.717) is 62.0 Å². The van der Waals surface area contributed by atoms with Crippen LogP contribution < -0.4 is 5.56 Å². The van der Waals surface area contributed by atoms with Crippen LogP contribution in [0, 0.1) is 6.92 Å². The number of thioether (sulfide) groups is 1. The summed E-state index contributed by atoms with van der Waals surface area (Å²) in [5, 5.41) is 0.591. The van der Waals surface area contributed by atoms with Crippen LogP contribution >= 0.6 is 11.8 Å². The molecule has 0 aromatic carbocycles. The van der Waals surface area contributed by atoms with Gasteiger partial charge in [0.1, 0.15) is 0 Å². The van der Waals surface area contributed by atoms with E-state index in [9.17, 15) is 14.4 Å². The number of aromatic nitrogens is 2. The standard InChI is InChI=1S/C19H31N5O3S/c1-5-23(6-2)17(26)13-22-9-11-24(12-10-22)16(25)8-7-15-14(3)20-19(28-4)21-18(15)27/h5-13H2,1-4H3,(H,20,21,27). The highest BCUT2D eigenvalue weighted by Crippen LogP contribution is 2.11. The summed E-state index contributed by atoms with van der Waals surface area (Å²) in [6, 6.07) is 0. The number of H-pyrrole nitrogens is 1. The van der Waals surface area contributed by atoms with Gasteiger partial charge in [-0.05, 0) is 33.4 Å². The molecule has 1 aromatic heterocycles. The number of carbonyl (C=O) groups excluding carboxylic acids is 2. The first kappa shape index (κ1) is 22.4. The number of hydrogen-bond donors (Lipinski definition) is 1. The van der Waals surface area contributed by atoms with E-state index in [1.165, 1.54) is 11.8 Å². The van der Waals surface area contributed by atoms with Gasteiger partial charge in [-0.3, -0.25) is 19.3 Å². The summed E-state index contributed by atoms with van der Waals surface area (Å²) in [6.07, 6.45) is 2.54. The smallest absolute Gasteiger partial charge is 0.254 e. The fraction of sp³-hybridized carbons (Fsp3) is 0.684. The van der Waals surface area contributed by atoms with Gasteiger partial charge in [-0.25, -0.2) is 4.98 Å². The topological polar surface area (TPSA) is 89.6 Å². The number of likely N-dealkylation sites (N-methyl/N-ethyl adjacent to an activating group) is 1. The van der Waals surface area contributed by atoms with Crippen LogP contribution in [0.2, 0.25) is 0 Å². The van der Waals surface area contributed by atoms with E-state index < -0.39 is 0 Å². The summed E-state index contributed by atoms with van der Waals surface area (Å²) in [5.74, 6) is 0.183. The third-order valence-corrected chi connectivity index (χ3v) is 5.76. The molecule has 2 heterocycles. The Morgan fingerprint density at radius 1 is 1.18 bits per heavy atom. The normalized spacial score (nSPS) is 14.9. The first-order chi connectivity index (χ1) is 13.4.